The van der Waals surface area contributed by atoms with Gasteiger partial charge in [0.25, 0.3) is 0 Å². The Morgan fingerprint density at radius 3 is 2.60 bits per heavy atom. The van der Waals surface area contributed by atoms with Crippen LogP contribution in [0, 0.1) is 11.3 Å². The van der Waals surface area contributed by atoms with Crippen LogP contribution in [0.3, 0.4) is 0 Å². The van der Waals surface area contributed by atoms with E-state index in [4.69, 9.17) is 11.6 Å². The van der Waals surface area contributed by atoms with E-state index < -0.39 is 5.92 Å². The van der Waals surface area contributed by atoms with Gasteiger partial charge >= 0.3 is 0 Å². The molecule has 0 aliphatic carbocycles. The number of thioether (sulfide) groups is 1. The highest BCUT2D eigenvalue weighted by atomic mass is 35.5. The SMILES string of the molecule is CC(=O)C1=C(C)NC(SCC=C(C)C)=C(C#N)[C@H]1c1ccccc1Cl. The summed E-state index contributed by atoms with van der Waals surface area (Å²) in [6, 6.07) is 9.69. The average Bonchev–Trinajstić information content (AvgIpc) is 2.54. The minimum Gasteiger partial charge on any atom is -0.353 e. The van der Waals surface area contributed by atoms with Crippen molar-refractivity contribution in [2.75, 3.05) is 5.75 Å². The number of hydrogen-bond acceptors (Lipinski definition) is 4. The minimum atomic E-state index is -0.438. The number of rotatable bonds is 5. The molecule has 25 heavy (non-hydrogen) atoms. The van der Waals surface area contributed by atoms with Crippen LogP contribution < -0.4 is 5.32 Å². The summed E-state index contributed by atoms with van der Waals surface area (Å²) < 4.78 is 0. The summed E-state index contributed by atoms with van der Waals surface area (Å²) >= 11 is 7.95. The van der Waals surface area contributed by atoms with Crippen LogP contribution in [-0.2, 0) is 4.79 Å². The highest BCUT2D eigenvalue weighted by Crippen LogP contribution is 2.42. The van der Waals surface area contributed by atoms with E-state index in [2.05, 4.69) is 17.5 Å². The zero-order chi connectivity index (χ0) is 18.6. The lowest BCUT2D eigenvalue weighted by Gasteiger charge is -2.29. The standard InChI is InChI=1S/C20H21ClN2OS/c1-12(2)9-10-25-20-16(11-22)19(15-7-5-6-8-17(15)21)18(14(4)24)13(3)23-20/h5-9,19,23H,10H2,1-4H3/t19-/m1/s1. The lowest BCUT2D eigenvalue weighted by molar-refractivity contribution is -0.113. The molecule has 130 valence electrons. The molecule has 1 N–H and O–H groups in total. The van der Waals surface area contributed by atoms with Crippen LogP contribution in [0.25, 0.3) is 0 Å². The number of halogens is 1. The van der Waals surface area contributed by atoms with Crippen LogP contribution in [-0.4, -0.2) is 11.5 Å². The summed E-state index contributed by atoms with van der Waals surface area (Å²) in [5.41, 5.74) is 3.91. The van der Waals surface area contributed by atoms with Gasteiger partial charge in [0.15, 0.2) is 5.78 Å². The quantitative estimate of drug-likeness (QED) is 0.710. The predicted molar refractivity (Wildman–Crippen MR) is 105 cm³/mol. The molecule has 0 saturated heterocycles. The van der Waals surface area contributed by atoms with Gasteiger partial charge < -0.3 is 5.32 Å². The van der Waals surface area contributed by atoms with Crippen molar-refractivity contribution in [1.82, 2.24) is 5.32 Å². The molecule has 0 amide bonds. The molecule has 0 fully saturated rings. The number of benzene rings is 1. The van der Waals surface area contributed by atoms with Gasteiger partial charge in [0.2, 0.25) is 0 Å². The van der Waals surface area contributed by atoms with Crippen molar-refractivity contribution >= 4 is 29.1 Å². The van der Waals surface area contributed by atoms with E-state index in [-0.39, 0.29) is 5.78 Å². The van der Waals surface area contributed by atoms with E-state index >= 15 is 0 Å². The molecule has 1 heterocycles. The van der Waals surface area contributed by atoms with Crippen molar-refractivity contribution in [2.45, 2.75) is 33.6 Å². The Morgan fingerprint density at radius 1 is 1.36 bits per heavy atom. The summed E-state index contributed by atoms with van der Waals surface area (Å²) in [6.45, 7) is 7.48. The smallest absolute Gasteiger partial charge is 0.158 e. The van der Waals surface area contributed by atoms with Gasteiger partial charge in [-0.2, -0.15) is 5.26 Å². The lowest BCUT2D eigenvalue weighted by atomic mass is 9.81. The fraction of sp³-hybridized carbons (Fsp3) is 0.300. The number of ketones is 1. The van der Waals surface area contributed by atoms with Gasteiger partial charge in [-0.25, -0.2) is 0 Å². The number of dihydropyridines is 1. The van der Waals surface area contributed by atoms with Crippen molar-refractivity contribution in [3.8, 4) is 6.07 Å². The molecular weight excluding hydrogens is 352 g/mol. The van der Waals surface area contributed by atoms with E-state index in [9.17, 15) is 10.1 Å². The molecule has 5 heteroatoms. The fourth-order valence-corrected chi connectivity index (χ4v) is 4.18. The number of nitriles is 1. The van der Waals surface area contributed by atoms with E-state index in [1.54, 1.807) is 17.8 Å². The fourth-order valence-electron chi connectivity index (χ4n) is 2.81. The topological polar surface area (TPSA) is 52.9 Å². The second kappa shape index (κ2) is 8.42. The number of carbonyl (C=O) groups excluding carboxylic acids is 1. The largest absolute Gasteiger partial charge is 0.353 e. The van der Waals surface area contributed by atoms with Crippen LogP contribution in [0.1, 0.15) is 39.2 Å². The number of Topliss-reactive ketones (excluding diaryl/α,β-unsaturated/α-hetero) is 1. The first-order chi connectivity index (χ1) is 11.9. The number of nitrogens with zero attached hydrogens (tertiary/aromatic N) is 1. The zero-order valence-electron chi connectivity index (χ0n) is 14.8. The van der Waals surface area contributed by atoms with Gasteiger partial charge in [0, 0.05) is 22.0 Å². The van der Waals surface area contributed by atoms with Crippen LogP contribution in [0.15, 0.2) is 57.8 Å². The summed E-state index contributed by atoms with van der Waals surface area (Å²) in [5.74, 6) is 0.260. The first-order valence-corrected chi connectivity index (χ1v) is 9.36. The Kier molecular flexibility index (Phi) is 6.52. The van der Waals surface area contributed by atoms with Gasteiger partial charge in [-0.1, -0.05) is 41.4 Å². The Morgan fingerprint density at radius 2 is 2.04 bits per heavy atom. The molecule has 2 rings (SSSR count). The molecule has 0 bridgehead atoms. The minimum absolute atomic E-state index is 0.0592. The van der Waals surface area contributed by atoms with Crippen LogP contribution >= 0.6 is 23.4 Å². The first-order valence-electron chi connectivity index (χ1n) is 8.00. The van der Waals surface area contributed by atoms with Gasteiger partial charge in [-0.15, -0.1) is 11.8 Å². The average molecular weight is 373 g/mol. The van der Waals surface area contributed by atoms with E-state index in [1.165, 1.54) is 12.5 Å². The predicted octanol–water partition coefficient (Wildman–Crippen LogP) is 5.32. The molecule has 3 nitrogen and oxygen atoms in total. The number of allylic oxidation sites excluding steroid dienone is 4. The molecule has 0 radical (unpaired) electrons. The summed E-state index contributed by atoms with van der Waals surface area (Å²) in [4.78, 5) is 12.3. The number of hydrogen-bond donors (Lipinski definition) is 1. The first kappa shape index (κ1) is 19.4. The van der Waals surface area contributed by atoms with Gasteiger partial charge in [0.1, 0.15) is 0 Å². The molecule has 1 aromatic carbocycles. The third-order valence-electron chi connectivity index (χ3n) is 3.96. The van der Waals surface area contributed by atoms with E-state index in [0.29, 0.717) is 16.2 Å². The van der Waals surface area contributed by atoms with E-state index in [0.717, 1.165) is 22.0 Å². The number of nitrogens with one attached hydrogen (secondary N) is 1. The van der Waals surface area contributed by atoms with Crippen LogP contribution in [0.4, 0.5) is 0 Å². The summed E-state index contributed by atoms with van der Waals surface area (Å²) in [6.07, 6.45) is 2.11. The molecular formula is C20H21ClN2OS. The van der Waals surface area contributed by atoms with E-state index in [1.807, 2.05) is 39.0 Å². The third-order valence-corrected chi connectivity index (χ3v) is 5.25. The maximum absolute atomic E-state index is 12.3. The number of carbonyl (C=O) groups is 1. The summed E-state index contributed by atoms with van der Waals surface area (Å²) in [7, 11) is 0. The van der Waals surface area contributed by atoms with Crippen molar-refractivity contribution in [2.24, 2.45) is 0 Å². The molecule has 1 aliphatic heterocycles. The second-order valence-electron chi connectivity index (χ2n) is 6.12. The Bertz CT molecular complexity index is 826. The Balaban J connectivity index is 2.58. The van der Waals surface area contributed by atoms with Gasteiger partial charge in [-0.3, -0.25) is 4.79 Å². The highest BCUT2D eigenvalue weighted by molar-refractivity contribution is 8.03. The van der Waals surface area contributed by atoms with Crippen LogP contribution in [0.5, 0.6) is 0 Å². The van der Waals surface area contributed by atoms with Gasteiger partial charge in [0.05, 0.1) is 22.6 Å². The third kappa shape index (κ3) is 4.36. The molecule has 1 aromatic rings. The molecule has 0 spiro atoms. The summed E-state index contributed by atoms with van der Waals surface area (Å²) in [5, 5.41) is 14.4. The maximum Gasteiger partial charge on any atom is 0.158 e. The molecule has 1 atom stereocenters. The van der Waals surface area contributed by atoms with Crippen molar-refractivity contribution in [1.29, 1.82) is 5.26 Å². The van der Waals surface area contributed by atoms with Gasteiger partial charge in [-0.05, 0) is 39.3 Å². The Labute approximate surface area is 158 Å². The molecule has 1 aliphatic rings. The van der Waals surface area contributed by atoms with Crippen molar-refractivity contribution in [3.05, 3.63) is 68.4 Å². The monoisotopic (exact) mass is 372 g/mol. The lowest BCUT2D eigenvalue weighted by Crippen LogP contribution is -2.27. The van der Waals surface area contributed by atoms with Crippen LogP contribution in [0.2, 0.25) is 5.02 Å². The maximum atomic E-state index is 12.3. The zero-order valence-corrected chi connectivity index (χ0v) is 16.4. The van der Waals surface area contributed by atoms with Crippen molar-refractivity contribution in [3.63, 3.8) is 0 Å². The molecule has 0 saturated carbocycles. The molecule has 0 unspecified atom stereocenters. The Hall–Kier alpha value is -1.96. The molecule has 0 aromatic heterocycles. The normalized spacial score (nSPS) is 17.0. The second-order valence-corrected chi connectivity index (χ2v) is 7.56. The van der Waals surface area contributed by atoms with Crippen molar-refractivity contribution < 1.29 is 4.79 Å². The highest BCUT2D eigenvalue weighted by Gasteiger charge is 2.33.